The maximum atomic E-state index is 8.92. The van der Waals surface area contributed by atoms with Gasteiger partial charge in [0.2, 0.25) is 0 Å². The van der Waals surface area contributed by atoms with Crippen molar-refractivity contribution < 1.29 is 5.11 Å². The fraction of sp³-hybridized carbons (Fsp3) is 0.583. The number of anilines is 1. The molecule has 0 saturated carbocycles. The zero-order chi connectivity index (χ0) is 10.9. The first-order valence-electron chi connectivity index (χ1n) is 5.41. The van der Waals surface area contributed by atoms with Crippen LogP contribution in [0.1, 0.15) is 25.8 Å². The highest BCUT2D eigenvalue weighted by atomic mass is 16.3. The van der Waals surface area contributed by atoms with Crippen molar-refractivity contribution in [3.8, 4) is 0 Å². The summed E-state index contributed by atoms with van der Waals surface area (Å²) in [5.41, 5.74) is 1.27. The molecule has 1 aromatic rings. The van der Waals surface area contributed by atoms with Crippen LogP contribution in [0, 0.1) is 5.41 Å². The van der Waals surface area contributed by atoms with Crippen LogP contribution < -0.4 is 4.90 Å². The van der Waals surface area contributed by atoms with Gasteiger partial charge in [-0.2, -0.15) is 0 Å². The average Bonchev–Trinajstić information content (AvgIpc) is 2.59. The van der Waals surface area contributed by atoms with E-state index in [1.165, 1.54) is 6.42 Å². The van der Waals surface area contributed by atoms with Gasteiger partial charge in [-0.25, -0.2) is 4.98 Å². The number of nitrogens with zero attached hydrogens (tertiary/aromatic N) is 2. The van der Waals surface area contributed by atoms with Gasteiger partial charge in [0.1, 0.15) is 5.82 Å². The summed E-state index contributed by atoms with van der Waals surface area (Å²) >= 11 is 0. The SMILES string of the molecule is CC1(C)CCN(c2ccc(CO)cn2)C1. The molecule has 82 valence electrons. The second-order valence-corrected chi connectivity index (χ2v) is 5.02. The zero-order valence-electron chi connectivity index (χ0n) is 9.40. The lowest BCUT2D eigenvalue weighted by atomic mass is 9.93. The van der Waals surface area contributed by atoms with Crippen LogP contribution in [0.25, 0.3) is 0 Å². The Morgan fingerprint density at radius 2 is 2.27 bits per heavy atom. The van der Waals surface area contributed by atoms with E-state index in [-0.39, 0.29) is 6.61 Å². The third kappa shape index (κ3) is 2.29. The van der Waals surface area contributed by atoms with Crippen LogP contribution in [0.15, 0.2) is 18.3 Å². The molecule has 3 heteroatoms. The Hall–Kier alpha value is -1.09. The maximum absolute atomic E-state index is 8.92. The summed E-state index contributed by atoms with van der Waals surface area (Å²) in [5.74, 6) is 1.03. The zero-order valence-corrected chi connectivity index (χ0v) is 9.40. The standard InChI is InChI=1S/C12H18N2O/c1-12(2)5-6-14(9-12)11-4-3-10(8-15)7-13-11/h3-4,7,15H,5-6,8-9H2,1-2H3. The molecule has 1 aromatic heterocycles. The maximum Gasteiger partial charge on any atom is 0.128 e. The molecule has 3 nitrogen and oxygen atoms in total. The van der Waals surface area contributed by atoms with Gasteiger partial charge >= 0.3 is 0 Å². The number of hydrogen-bond acceptors (Lipinski definition) is 3. The van der Waals surface area contributed by atoms with Gasteiger partial charge in [0.15, 0.2) is 0 Å². The van der Waals surface area contributed by atoms with E-state index in [1.807, 2.05) is 12.1 Å². The van der Waals surface area contributed by atoms with Crippen LogP contribution in [0.5, 0.6) is 0 Å². The molecule has 1 N–H and O–H groups in total. The van der Waals surface area contributed by atoms with E-state index in [4.69, 9.17) is 5.11 Å². The fourth-order valence-electron chi connectivity index (χ4n) is 2.01. The Bertz CT molecular complexity index is 332. The predicted octanol–water partition coefficient (Wildman–Crippen LogP) is 1.81. The second kappa shape index (κ2) is 3.81. The first-order chi connectivity index (χ1) is 7.11. The lowest BCUT2D eigenvalue weighted by molar-refractivity contribution is 0.281. The van der Waals surface area contributed by atoms with Crippen molar-refractivity contribution in [1.82, 2.24) is 4.98 Å². The van der Waals surface area contributed by atoms with Crippen LogP contribution in [-0.4, -0.2) is 23.2 Å². The highest BCUT2D eigenvalue weighted by Gasteiger charge is 2.29. The highest BCUT2D eigenvalue weighted by molar-refractivity contribution is 5.40. The summed E-state index contributed by atoms with van der Waals surface area (Å²) in [6.07, 6.45) is 2.97. The van der Waals surface area contributed by atoms with Crippen molar-refractivity contribution >= 4 is 5.82 Å². The first kappa shape index (κ1) is 10.4. The van der Waals surface area contributed by atoms with Gasteiger partial charge in [0.25, 0.3) is 0 Å². The van der Waals surface area contributed by atoms with Crippen molar-refractivity contribution in [3.05, 3.63) is 23.9 Å². The molecule has 1 aliphatic heterocycles. The van der Waals surface area contributed by atoms with Gasteiger partial charge in [-0.15, -0.1) is 0 Å². The van der Waals surface area contributed by atoms with Gasteiger partial charge in [0, 0.05) is 19.3 Å². The van der Waals surface area contributed by atoms with E-state index in [2.05, 4.69) is 23.7 Å². The predicted molar refractivity (Wildman–Crippen MR) is 60.8 cm³/mol. The largest absolute Gasteiger partial charge is 0.392 e. The van der Waals surface area contributed by atoms with E-state index >= 15 is 0 Å². The summed E-state index contributed by atoms with van der Waals surface area (Å²) in [6.45, 7) is 6.79. The van der Waals surface area contributed by atoms with Crippen LogP contribution in [0.3, 0.4) is 0 Å². The smallest absolute Gasteiger partial charge is 0.128 e. The van der Waals surface area contributed by atoms with Crippen molar-refractivity contribution in [2.45, 2.75) is 26.9 Å². The van der Waals surface area contributed by atoms with E-state index in [9.17, 15) is 0 Å². The second-order valence-electron chi connectivity index (χ2n) is 5.02. The Labute approximate surface area is 90.8 Å². The first-order valence-corrected chi connectivity index (χ1v) is 5.41. The minimum absolute atomic E-state index is 0.0682. The lowest BCUT2D eigenvalue weighted by Gasteiger charge is -2.20. The van der Waals surface area contributed by atoms with Crippen molar-refractivity contribution in [3.63, 3.8) is 0 Å². The third-order valence-corrected chi connectivity index (χ3v) is 2.99. The summed E-state index contributed by atoms with van der Waals surface area (Å²) in [5, 5.41) is 8.92. The third-order valence-electron chi connectivity index (χ3n) is 2.99. The molecule has 1 saturated heterocycles. The molecule has 0 atom stereocenters. The minimum Gasteiger partial charge on any atom is -0.392 e. The van der Waals surface area contributed by atoms with E-state index in [0.717, 1.165) is 24.5 Å². The molecule has 2 heterocycles. The monoisotopic (exact) mass is 206 g/mol. The van der Waals surface area contributed by atoms with Crippen LogP contribution >= 0.6 is 0 Å². The van der Waals surface area contributed by atoms with Gasteiger partial charge in [-0.1, -0.05) is 19.9 Å². The fourth-order valence-corrected chi connectivity index (χ4v) is 2.01. The number of aliphatic hydroxyl groups excluding tert-OH is 1. The number of aromatic nitrogens is 1. The highest BCUT2D eigenvalue weighted by Crippen LogP contribution is 2.31. The molecule has 0 spiro atoms. The van der Waals surface area contributed by atoms with Gasteiger partial charge < -0.3 is 10.0 Å². The van der Waals surface area contributed by atoms with Crippen molar-refractivity contribution in [2.24, 2.45) is 5.41 Å². The molecule has 2 rings (SSSR count). The lowest BCUT2D eigenvalue weighted by Crippen LogP contribution is -2.23. The van der Waals surface area contributed by atoms with E-state index < -0.39 is 0 Å². The average molecular weight is 206 g/mol. The van der Waals surface area contributed by atoms with Crippen LogP contribution in [0.4, 0.5) is 5.82 Å². The molecule has 0 radical (unpaired) electrons. The quantitative estimate of drug-likeness (QED) is 0.801. The number of hydrogen-bond donors (Lipinski definition) is 1. The molecule has 0 aliphatic carbocycles. The summed E-state index contributed by atoms with van der Waals surface area (Å²) < 4.78 is 0. The molecular formula is C12H18N2O. The molecule has 1 aliphatic rings. The Balaban J connectivity index is 2.11. The minimum atomic E-state index is 0.0682. The Kier molecular flexibility index (Phi) is 2.65. The van der Waals surface area contributed by atoms with Gasteiger partial charge in [0.05, 0.1) is 6.61 Å². The summed E-state index contributed by atoms with van der Waals surface area (Å²) in [7, 11) is 0. The van der Waals surface area contributed by atoms with Crippen LogP contribution in [0.2, 0.25) is 0 Å². The molecule has 15 heavy (non-hydrogen) atoms. The van der Waals surface area contributed by atoms with E-state index in [1.54, 1.807) is 6.20 Å². The Morgan fingerprint density at radius 3 is 2.73 bits per heavy atom. The van der Waals surface area contributed by atoms with Gasteiger partial charge in [-0.05, 0) is 23.5 Å². The number of rotatable bonds is 2. The van der Waals surface area contributed by atoms with Crippen molar-refractivity contribution in [2.75, 3.05) is 18.0 Å². The molecule has 0 unspecified atom stereocenters. The van der Waals surface area contributed by atoms with Gasteiger partial charge in [-0.3, -0.25) is 0 Å². The van der Waals surface area contributed by atoms with E-state index in [0.29, 0.717) is 5.41 Å². The van der Waals surface area contributed by atoms with Crippen LogP contribution in [-0.2, 0) is 6.61 Å². The Morgan fingerprint density at radius 1 is 1.47 bits per heavy atom. The molecule has 1 fully saturated rings. The topological polar surface area (TPSA) is 36.4 Å². The molecule has 0 aromatic carbocycles. The number of aliphatic hydroxyl groups is 1. The van der Waals surface area contributed by atoms with Crippen molar-refractivity contribution in [1.29, 1.82) is 0 Å². The summed E-state index contributed by atoms with van der Waals surface area (Å²) in [6, 6.07) is 3.93. The normalized spacial score (nSPS) is 19.5. The molecular weight excluding hydrogens is 188 g/mol. The molecule has 0 amide bonds. The molecule has 0 bridgehead atoms. The summed E-state index contributed by atoms with van der Waals surface area (Å²) in [4.78, 5) is 6.67. The number of pyridine rings is 1.